The van der Waals surface area contributed by atoms with Gasteiger partial charge in [-0.3, -0.25) is 0 Å². The molecule has 2 nitrogen and oxygen atoms in total. The van der Waals surface area contributed by atoms with Gasteiger partial charge < -0.3 is 10.4 Å². The molecule has 0 aliphatic heterocycles. The quantitative estimate of drug-likeness (QED) is 0.748. The smallest absolute Gasteiger partial charge is 0.0649 e. The maximum Gasteiger partial charge on any atom is 0.0649 e. The van der Waals surface area contributed by atoms with Crippen LogP contribution in [0.15, 0.2) is 12.1 Å². The topological polar surface area (TPSA) is 32.3 Å². The first-order chi connectivity index (χ1) is 5.77. The van der Waals surface area contributed by atoms with Gasteiger partial charge >= 0.3 is 0 Å². The van der Waals surface area contributed by atoms with Crippen LogP contribution in [0.25, 0.3) is 0 Å². The van der Waals surface area contributed by atoms with E-state index < -0.39 is 0 Å². The lowest BCUT2D eigenvalue weighted by atomic mass is 10.2. The van der Waals surface area contributed by atoms with Crippen LogP contribution in [0.4, 0.5) is 0 Å². The third-order valence-electron chi connectivity index (χ3n) is 1.74. The molecule has 2 N–H and O–H groups in total. The number of rotatable bonds is 4. The normalized spacial score (nSPS) is 13.2. The van der Waals surface area contributed by atoms with Crippen LogP contribution < -0.4 is 5.32 Å². The predicted octanol–water partition coefficient (Wildman–Crippen LogP) is 1.70. The number of thiophene rings is 1. The van der Waals surface area contributed by atoms with E-state index in [2.05, 4.69) is 24.4 Å². The highest BCUT2D eigenvalue weighted by Gasteiger charge is 2.09. The summed E-state index contributed by atoms with van der Waals surface area (Å²) in [6.07, 6.45) is 0. The summed E-state index contributed by atoms with van der Waals surface area (Å²) in [5.74, 6) is 0. The molecule has 0 aliphatic rings. The van der Waals surface area contributed by atoms with E-state index in [9.17, 15) is 0 Å². The van der Waals surface area contributed by atoms with Crippen LogP contribution >= 0.6 is 11.3 Å². The largest absolute Gasteiger partial charge is 0.394 e. The lowest BCUT2D eigenvalue weighted by molar-refractivity contribution is 0.248. The van der Waals surface area contributed by atoms with Crippen LogP contribution in [-0.4, -0.2) is 18.3 Å². The molecule has 68 valence electrons. The van der Waals surface area contributed by atoms with Crippen molar-refractivity contribution in [2.75, 3.05) is 13.2 Å². The summed E-state index contributed by atoms with van der Waals surface area (Å²) in [7, 11) is 0. The fourth-order valence-corrected chi connectivity index (χ4v) is 2.09. The Morgan fingerprint density at radius 2 is 2.33 bits per heavy atom. The molecule has 0 radical (unpaired) electrons. The van der Waals surface area contributed by atoms with E-state index in [4.69, 9.17) is 5.11 Å². The van der Waals surface area contributed by atoms with Crippen LogP contribution in [-0.2, 0) is 0 Å². The summed E-state index contributed by atoms with van der Waals surface area (Å²) in [6, 6.07) is 4.28. The van der Waals surface area contributed by atoms with E-state index in [0.717, 1.165) is 6.54 Å². The van der Waals surface area contributed by atoms with Gasteiger partial charge in [-0.2, -0.15) is 0 Å². The molecule has 0 bridgehead atoms. The van der Waals surface area contributed by atoms with Crippen molar-refractivity contribution in [1.82, 2.24) is 5.32 Å². The summed E-state index contributed by atoms with van der Waals surface area (Å²) in [6.45, 7) is 5.19. The maximum atomic E-state index is 9.06. The molecule has 0 aliphatic carbocycles. The van der Waals surface area contributed by atoms with Crippen LogP contribution in [0.2, 0.25) is 0 Å². The fraction of sp³-hybridized carbons (Fsp3) is 0.556. The van der Waals surface area contributed by atoms with Gasteiger partial charge in [0.25, 0.3) is 0 Å². The molecule has 1 aromatic heterocycles. The molecule has 0 spiro atoms. The van der Waals surface area contributed by atoms with Crippen molar-refractivity contribution in [3.63, 3.8) is 0 Å². The van der Waals surface area contributed by atoms with Crippen LogP contribution in [0.1, 0.15) is 22.7 Å². The van der Waals surface area contributed by atoms with Gasteiger partial charge in [-0.1, -0.05) is 6.92 Å². The molecule has 12 heavy (non-hydrogen) atoms. The molecule has 1 unspecified atom stereocenters. The summed E-state index contributed by atoms with van der Waals surface area (Å²) < 4.78 is 0. The third-order valence-corrected chi connectivity index (χ3v) is 2.85. The lowest BCUT2D eigenvalue weighted by Crippen LogP contribution is -2.22. The van der Waals surface area contributed by atoms with E-state index in [1.165, 1.54) is 9.75 Å². The summed E-state index contributed by atoms with van der Waals surface area (Å²) >= 11 is 1.74. The summed E-state index contributed by atoms with van der Waals surface area (Å²) in [4.78, 5) is 2.51. The third kappa shape index (κ3) is 2.30. The van der Waals surface area contributed by atoms with Gasteiger partial charge in [-0.05, 0) is 25.6 Å². The van der Waals surface area contributed by atoms with Gasteiger partial charge in [0, 0.05) is 9.75 Å². The Kier molecular flexibility index (Phi) is 3.72. The Bertz CT molecular complexity index is 234. The van der Waals surface area contributed by atoms with Crippen molar-refractivity contribution < 1.29 is 5.11 Å². The second kappa shape index (κ2) is 4.60. The molecule has 0 saturated carbocycles. The second-order valence-corrected chi connectivity index (χ2v) is 4.06. The van der Waals surface area contributed by atoms with E-state index >= 15 is 0 Å². The number of likely N-dealkylation sites (N-methyl/N-ethyl adjacent to an activating group) is 1. The number of hydrogen-bond donors (Lipinski definition) is 2. The highest BCUT2D eigenvalue weighted by molar-refractivity contribution is 7.12. The van der Waals surface area contributed by atoms with Crippen molar-refractivity contribution in [2.45, 2.75) is 19.9 Å². The average molecular weight is 185 g/mol. The lowest BCUT2D eigenvalue weighted by Gasteiger charge is -2.12. The summed E-state index contributed by atoms with van der Waals surface area (Å²) in [5, 5.41) is 12.3. The number of aliphatic hydroxyl groups is 1. The zero-order chi connectivity index (χ0) is 8.97. The number of aliphatic hydroxyl groups excluding tert-OH is 1. The van der Waals surface area contributed by atoms with Gasteiger partial charge in [0.1, 0.15) is 0 Å². The molecular weight excluding hydrogens is 170 g/mol. The van der Waals surface area contributed by atoms with E-state index in [0.29, 0.717) is 0 Å². The Morgan fingerprint density at radius 3 is 2.75 bits per heavy atom. The molecule has 0 saturated heterocycles. The molecule has 3 heteroatoms. The van der Waals surface area contributed by atoms with Crippen molar-refractivity contribution in [3.05, 3.63) is 21.9 Å². The predicted molar refractivity (Wildman–Crippen MR) is 52.6 cm³/mol. The Labute approximate surface area is 77.2 Å². The minimum Gasteiger partial charge on any atom is -0.394 e. The minimum atomic E-state index is 0.119. The Balaban J connectivity index is 2.66. The van der Waals surface area contributed by atoms with Gasteiger partial charge in [0.15, 0.2) is 0 Å². The maximum absolute atomic E-state index is 9.06. The zero-order valence-corrected chi connectivity index (χ0v) is 8.32. The highest BCUT2D eigenvalue weighted by Crippen LogP contribution is 2.21. The number of hydrogen-bond acceptors (Lipinski definition) is 3. The van der Waals surface area contributed by atoms with Crippen LogP contribution in [0, 0.1) is 6.92 Å². The highest BCUT2D eigenvalue weighted by atomic mass is 32.1. The number of nitrogens with one attached hydrogen (secondary N) is 1. The molecular formula is C9H15NOS. The Morgan fingerprint density at radius 1 is 1.58 bits per heavy atom. The zero-order valence-electron chi connectivity index (χ0n) is 7.50. The molecule has 0 amide bonds. The van der Waals surface area contributed by atoms with E-state index in [1.807, 2.05) is 6.92 Å². The Hall–Kier alpha value is -0.380. The van der Waals surface area contributed by atoms with Crippen molar-refractivity contribution >= 4 is 11.3 Å². The van der Waals surface area contributed by atoms with Crippen molar-refractivity contribution in [2.24, 2.45) is 0 Å². The van der Waals surface area contributed by atoms with Gasteiger partial charge in [-0.15, -0.1) is 11.3 Å². The number of aryl methyl sites for hydroxylation is 1. The SMILES string of the molecule is CCNC(CO)c1ccc(C)s1. The van der Waals surface area contributed by atoms with Crippen molar-refractivity contribution in [3.8, 4) is 0 Å². The van der Waals surface area contributed by atoms with Gasteiger partial charge in [0.2, 0.25) is 0 Å². The molecule has 1 atom stereocenters. The molecule has 1 rings (SSSR count). The van der Waals surface area contributed by atoms with E-state index in [1.54, 1.807) is 11.3 Å². The first-order valence-electron chi connectivity index (χ1n) is 4.18. The van der Waals surface area contributed by atoms with Gasteiger partial charge in [0.05, 0.1) is 12.6 Å². The second-order valence-electron chi connectivity index (χ2n) is 2.74. The van der Waals surface area contributed by atoms with Crippen LogP contribution in [0.5, 0.6) is 0 Å². The molecule has 0 aromatic carbocycles. The average Bonchev–Trinajstić information content (AvgIpc) is 2.47. The molecule has 1 heterocycles. The first-order valence-corrected chi connectivity index (χ1v) is 5.00. The molecule has 0 fully saturated rings. The fourth-order valence-electron chi connectivity index (χ4n) is 1.14. The van der Waals surface area contributed by atoms with Gasteiger partial charge in [-0.25, -0.2) is 0 Å². The summed E-state index contributed by atoms with van der Waals surface area (Å²) in [5.41, 5.74) is 0. The van der Waals surface area contributed by atoms with Crippen molar-refractivity contribution in [1.29, 1.82) is 0 Å². The standard InChI is InChI=1S/C9H15NOS/c1-3-10-8(6-11)9-5-4-7(2)12-9/h4-5,8,10-11H,3,6H2,1-2H3. The van der Waals surface area contributed by atoms with E-state index in [-0.39, 0.29) is 12.6 Å². The first kappa shape index (κ1) is 9.71. The minimum absolute atomic E-state index is 0.119. The monoisotopic (exact) mass is 185 g/mol. The molecule has 1 aromatic rings. The van der Waals surface area contributed by atoms with Crippen LogP contribution in [0.3, 0.4) is 0 Å².